The molecule has 144 valence electrons. The van der Waals surface area contributed by atoms with Crippen LogP contribution < -0.4 is 10.6 Å². The smallest absolute Gasteiger partial charge is 0.234 e. The van der Waals surface area contributed by atoms with Crippen molar-refractivity contribution in [2.24, 2.45) is 0 Å². The molecule has 2 aromatic carbocycles. The molecule has 0 aliphatic heterocycles. The summed E-state index contributed by atoms with van der Waals surface area (Å²) in [7, 11) is 0. The van der Waals surface area contributed by atoms with Crippen molar-refractivity contribution >= 4 is 35.0 Å². The summed E-state index contributed by atoms with van der Waals surface area (Å²) in [4.78, 5) is 24.0. The highest BCUT2D eigenvalue weighted by molar-refractivity contribution is 8.00. The van der Waals surface area contributed by atoms with E-state index in [4.69, 9.17) is 0 Å². The van der Waals surface area contributed by atoms with Gasteiger partial charge in [0.1, 0.15) is 12.1 Å². The zero-order valence-electron chi connectivity index (χ0n) is 14.9. The van der Waals surface area contributed by atoms with Crippen LogP contribution in [0.15, 0.2) is 48.8 Å². The van der Waals surface area contributed by atoms with E-state index in [1.54, 1.807) is 0 Å². The molecule has 0 aliphatic rings. The van der Waals surface area contributed by atoms with Gasteiger partial charge in [-0.3, -0.25) is 9.59 Å². The van der Waals surface area contributed by atoms with Crippen LogP contribution in [0.3, 0.4) is 0 Å². The molecule has 1 aromatic heterocycles. The van der Waals surface area contributed by atoms with Gasteiger partial charge in [-0.05, 0) is 47.7 Å². The molecular weight excluding hydrogens is 383 g/mol. The van der Waals surface area contributed by atoms with E-state index >= 15 is 0 Å². The predicted octanol–water partition coefficient (Wildman–Crippen LogP) is 2.42. The summed E-state index contributed by atoms with van der Waals surface area (Å²) >= 11 is 1.13. The van der Waals surface area contributed by atoms with Gasteiger partial charge in [0.2, 0.25) is 11.8 Å². The normalized spacial score (nSPS) is 10.5. The molecule has 0 saturated heterocycles. The molecule has 0 atom stereocenters. The monoisotopic (exact) mass is 400 g/mol. The first-order valence-electron chi connectivity index (χ1n) is 8.28. The Balaban J connectivity index is 1.48. The predicted molar refractivity (Wildman–Crippen MR) is 105 cm³/mol. The van der Waals surface area contributed by atoms with Gasteiger partial charge in [0, 0.05) is 5.69 Å². The van der Waals surface area contributed by atoms with Crippen molar-refractivity contribution in [3.05, 3.63) is 60.2 Å². The second kappa shape index (κ2) is 9.09. The van der Waals surface area contributed by atoms with Crippen LogP contribution in [0.1, 0.15) is 5.56 Å². The van der Waals surface area contributed by atoms with E-state index < -0.39 is 11.7 Å². The van der Waals surface area contributed by atoms with Gasteiger partial charge in [-0.1, -0.05) is 17.7 Å². The summed E-state index contributed by atoms with van der Waals surface area (Å²) in [6.45, 7) is 1.96. The molecular formula is C18H17FN6O2S. The zero-order valence-corrected chi connectivity index (χ0v) is 15.7. The highest BCUT2D eigenvalue weighted by Gasteiger charge is 2.11. The van der Waals surface area contributed by atoms with Crippen molar-refractivity contribution in [3.63, 3.8) is 0 Å². The van der Waals surface area contributed by atoms with Crippen LogP contribution in [-0.4, -0.2) is 43.5 Å². The number of tetrazole rings is 1. The minimum atomic E-state index is -0.577. The van der Waals surface area contributed by atoms with Gasteiger partial charge in [-0.15, -0.1) is 16.9 Å². The highest BCUT2D eigenvalue weighted by Crippen LogP contribution is 2.18. The minimum Gasteiger partial charge on any atom is -0.325 e. The average Bonchev–Trinajstić information content (AvgIpc) is 3.20. The molecule has 0 saturated carbocycles. The van der Waals surface area contributed by atoms with E-state index in [2.05, 4.69) is 26.2 Å². The number of benzene rings is 2. The van der Waals surface area contributed by atoms with E-state index in [1.807, 2.05) is 31.2 Å². The maximum absolute atomic E-state index is 13.9. The van der Waals surface area contributed by atoms with Gasteiger partial charge in [0.05, 0.1) is 22.9 Å². The number of nitrogens with zero attached hydrogens (tertiary/aromatic N) is 4. The fraction of sp³-hybridized carbons (Fsp3) is 0.167. The third-order valence-corrected chi connectivity index (χ3v) is 4.57. The highest BCUT2D eigenvalue weighted by atomic mass is 32.2. The number of carbonyl (C=O) groups is 2. The largest absolute Gasteiger partial charge is 0.325 e. The van der Waals surface area contributed by atoms with Crippen molar-refractivity contribution in [1.82, 2.24) is 20.2 Å². The van der Waals surface area contributed by atoms with Crippen molar-refractivity contribution in [3.8, 4) is 5.69 Å². The molecule has 0 radical (unpaired) electrons. The molecule has 0 spiro atoms. The lowest BCUT2D eigenvalue weighted by Gasteiger charge is -2.09. The number of aromatic nitrogens is 4. The SMILES string of the molecule is Cc1ccc(NC(=O)CSCC(=O)Nc2cc(-n3cnnn3)ccc2F)cc1. The Morgan fingerprint density at radius 1 is 1.07 bits per heavy atom. The number of carbonyl (C=O) groups excluding carboxylic acids is 2. The number of hydrogen-bond donors (Lipinski definition) is 2. The Morgan fingerprint density at radius 3 is 2.46 bits per heavy atom. The number of hydrogen-bond acceptors (Lipinski definition) is 6. The van der Waals surface area contributed by atoms with E-state index in [1.165, 1.54) is 29.2 Å². The number of thioether (sulfide) groups is 1. The number of amides is 2. The molecule has 28 heavy (non-hydrogen) atoms. The Labute approximate surface area is 164 Å². The maximum Gasteiger partial charge on any atom is 0.234 e. The maximum atomic E-state index is 13.9. The third kappa shape index (κ3) is 5.36. The van der Waals surface area contributed by atoms with Crippen LogP contribution in [0.4, 0.5) is 15.8 Å². The molecule has 8 nitrogen and oxygen atoms in total. The molecule has 1 heterocycles. The van der Waals surface area contributed by atoms with E-state index in [9.17, 15) is 14.0 Å². The standard InChI is InChI=1S/C18H17FN6O2S/c1-12-2-4-13(5-3-12)21-17(26)9-28-10-18(27)22-16-8-14(6-7-15(16)19)25-11-20-23-24-25/h2-8,11H,9-10H2,1H3,(H,21,26)(H,22,27). The number of anilines is 2. The van der Waals surface area contributed by atoms with Gasteiger partial charge in [0.15, 0.2) is 0 Å². The van der Waals surface area contributed by atoms with Crippen molar-refractivity contribution in [1.29, 1.82) is 0 Å². The molecule has 0 unspecified atom stereocenters. The number of aryl methyl sites for hydroxylation is 1. The zero-order chi connectivity index (χ0) is 19.9. The summed E-state index contributed by atoms with van der Waals surface area (Å²) in [6, 6.07) is 11.6. The van der Waals surface area contributed by atoms with Crippen LogP contribution in [0.5, 0.6) is 0 Å². The second-order valence-electron chi connectivity index (χ2n) is 5.87. The fourth-order valence-electron chi connectivity index (χ4n) is 2.29. The van der Waals surface area contributed by atoms with E-state index in [0.717, 1.165) is 17.3 Å². The molecule has 0 fully saturated rings. The van der Waals surface area contributed by atoms with Crippen LogP contribution >= 0.6 is 11.8 Å². The lowest BCUT2D eigenvalue weighted by atomic mass is 10.2. The molecule has 3 rings (SSSR count). The van der Waals surface area contributed by atoms with Gasteiger partial charge < -0.3 is 10.6 Å². The molecule has 3 aromatic rings. The molecule has 10 heteroatoms. The quantitative estimate of drug-likeness (QED) is 0.632. The first-order valence-corrected chi connectivity index (χ1v) is 9.44. The minimum absolute atomic E-state index is 0.00979. The summed E-state index contributed by atoms with van der Waals surface area (Å²) in [6.07, 6.45) is 1.36. The summed E-state index contributed by atoms with van der Waals surface area (Å²) in [5.74, 6) is -1.09. The third-order valence-electron chi connectivity index (χ3n) is 3.64. The van der Waals surface area contributed by atoms with Crippen molar-refractivity contribution in [2.75, 3.05) is 22.1 Å². The Kier molecular flexibility index (Phi) is 6.33. The molecule has 2 amide bonds. The number of nitrogens with one attached hydrogen (secondary N) is 2. The lowest BCUT2D eigenvalue weighted by molar-refractivity contribution is -0.114. The van der Waals surface area contributed by atoms with Gasteiger partial charge in [0.25, 0.3) is 0 Å². The van der Waals surface area contributed by atoms with Gasteiger partial charge in [-0.25, -0.2) is 9.07 Å². The van der Waals surface area contributed by atoms with E-state index in [0.29, 0.717) is 11.4 Å². The first-order chi connectivity index (χ1) is 13.5. The van der Waals surface area contributed by atoms with Gasteiger partial charge in [-0.2, -0.15) is 0 Å². The summed E-state index contributed by atoms with van der Waals surface area (Å²) in [5, 5.41) is 16.0. The Morgan fingerprint density at radius 2 is 1.79 bits per heavy atom. The number of halogens is 1. The summed E-state index contributed by atoms with van der Waals surface area (Å²) < 4.78 is 15.3. The van der Waals surface area contributed by atoms with Crippen LogP contribution in [-0.2, 0) is 9.59 Å². The van der Waals surface area contributed by atoms with Crippen LogP contribution in [0.2, 0.25) is 0 Å². The Bertz CT molecular complexity index is 963. The topological polar surface area (TPSA) is 102 Å². The fourth-order valence-corrected chi connectivity index (χ4v) is 2.91. The number of rotatable bonds is 7. The van der Waals surface area contributed by atoms with E-state index in [-0.39, 0.29) is 23.1 Å². The first kappa shape index (κ1) is 19.5. The molecule has 0 bridgehead atoms. The van der Waals surface area contributed by atoms with Crippen molar-refractivity contribution in [2.45, 2.75) is 6.92 Å². The van der Waals surface area contributed by atoms with Crippen molar-refractivity contribution < 1.29 is 14.0 Å². The van der Waals surface area contributed by atoms with Gasteiger partial charge >= 0.3 is 0 Å². The van der Waals surface area contributed by atoms with Crippen LogP contribution in [0.25, 0.3) is 5.69 Å². The molecule has 0 aliphatic carbocycles. The molecule has 2 N–H and O–H groups in total. The lowest BCUT2D eigenvalue weighted by Crippen LogP contribution is -2.19. The second-order valence-corrected chi connectivity index (χ2v) is 6.86. The van der Waals surface area contributed by atoms with Crippen LogP contribution in [0, 0.1) is 12.7 Å². The average molecular weight is 400 g/mol. The summed E-state index contributed by atoms with van der Waals surface area (Å²) in [5.41, 5.74) is 2.32. The Hall–Kier alpha value is -3.27.